The van der Waals surface area contributed by atoms with Crippen molar-refractivity contribution in [2.24, 2.45) is 0 Å². The summed E-state index contributed by atoms with van der Waals surface area (Å²) >= 11 is 0. The molecule has 1 fully saturated rings. The Morgan fingerprint density at radius 3 is 2.57 bits per heavy atom. The highest BCUT2D eigenvalue weighted by molar-refractivity contribution is 5.45. The highest BCUT2D eigenvalue weighted by atomic mass is 16.5. The summed E-state index contributed by atoms with van der Waals surface area (Å²) in [5.41, 5.74) is 7.10. The third-order valence-electron chi connectivity index (χ3n) is 6.03. The van der Waals surface area contributed by atoms with E-state index in [2.05, 4.69) is 43.3 Å². The highest BCUT2D eigenvalue weighted by Crippen LogP contribution is 2.37. The quantitative estimate of drug-likeness (QED) is 0.643. The van der Waals surface area contributed by atoms with Gasteiger partial charge in [0.2, 0.25) is 0 Å². The van der Waals surface area contributed by atoms with Gasteiger partial charge < -0.3 is 25.2 Å². The predicted octanol–water partition coefficient (Wildman–Crippen LogP) is 1.59. The second-order valence-electron chi connectivity index (χ2n) is 8.09. The fraction of sp³-hybridized carbons (Fsp3) is 0.478. The molecule has 0 amide bonds. The monoisotopic (exact) mass is 384 g/mol. The zero-order valence-electron chi connectivity index (χ0n) is 16.1. The van der Waals surface area contributed by atoms with Crippen molar-refractivity contribution in [1.29, 1.82) is 0 Å². The van der Waals surface area contributed by atoms with Crippen LogP contribution in [0.5, 0.6) is 0 Å². The van der Waals surface area contributed by atoms with Gasteiger partial charge in [-0.3, -0.25) is 0 Å². The lowest BCUT2D eigenvalue weighted by atomic mass is 9.87. The molecule has 1 aliphatic heterocycles. The van der Waals surface area contributed by atoms with Crippen molar-refractivity contribution >= 4 is 0 Å². The van der Waals surface area contributed by atoms with Gasteiger partial charge in [0.1, 0.15) is 30.5 Å². The molecule has 0 unspecified atom stereocenters. The van der Waals surface area contributed by atoms with E-state index in [1.807, 2.05) is 0 Å². The Hall–Kier alpha value is -1.76. The molecule has 5 heteroatoms. The van der Waals surface area contributed by atoms with Crippen LogP contribution in [0.3, 0.4) is 0 Å². The van der Waals surface area contributed by atoms with E-state index in [-0.39, 0.29) is 0 Å². The number of rotatable bonds is 4. The van der Waals surface area contributed by atoms with Crippen LogP contribution in [0, 0.1) is 6.92 Å². The summed E-state index contributed by atoms with van der Waals surface area (Å²) < 4.78 is 5.79. The molecule has 1 saturated heterocycles. The number of ether oxygens (including phenoxy) is 1. The Morgan fingerprint density at radius 2 is 1.82 bits per heavy atom. The number of aliphatic hydroxyl groups excluding tert-OH is 4. The van der Waals surface area contributed by atoms with Crippen LogP contribution in [0.1, 0.15) is 45.9 Å². The SMILES string of the molecule is Cc1cccc(Cc2cc([C@@H]3O[C@H](CO)[C@@H](O)[C@H](O)[C@H]3O)cc3c2CCC3)c1. The zero-order valence-corrected chi connectivity index (χ0v) is 16.1. The first-order valence-corrected chi connectivity index (χ1v) is 9.98. The van der Waals surface area contributed by atoms with Crippen molar-refractivity contribution in [3.8, 4) is 0 Å². The molecule has 1 heterocycles. The molecule has 5 nitrogen and oxygen atoms in total. The lowest BCUT2D eigenvalue weighted by Crippen LogP contribution is -2.55. The third-order valence-corrected chi connectivity index (χ3v) is 6.03. The number of aryl methyl sites for hydroxylation is 2. The first-order chi connectivity index (χ1) is 13.5. The van der Waals surface area contributed by atoms with Crippen molar-refractivity contribution in [1.82, 2.24) is 0 Å². The smallest absolute Gasteiger partial charge is 0.113 e. The van der Waals surface area contributed by atoms with Gasteiger partial charge in [0.25, 0.3) is 0 Å². The molecule has 0 spiro atoms. The van der Waals surface area contributed by atoms with Gasteiger partial charge in [0.15, 0.2) is 0 Å². The number of fused-ring (bicyclic) bond motifs is 1. The summed E-state index contributed by atoms with van der Waals surface area (Å²) in [4.78, 5) is 0. The van der Waals surface area contributed by atoms with Crippen LogP contribution >= 0.6 is 0 Å². The molecule has 0 bridgehead atoms. The highest BCUT2D eigenvalue weighted by Gasteiger charge is 2.44. The molecule has 2 aliphatic rings. The van der Waals surface area contributed by atoms with Gasteiger partial charge in [0.05, 0.1) is 6.61 Å². The van der Waals surface area contributed by atoms with Gasteiger partial charge in [-0.15, -0.1) is 0 Å². The minimum absolute atomic E-state index is 0.414. The number of hydrogen-bond acceptors (Lipinski definition) is 5. The molecular weight excluding hydrogens is 356 g/mol. The minimum atomic E-state index is -1.36. The van der Waals surface area contributed by atoms with Crippen LogP contribution in [0.2, 0.25) is 0 Å². The Bertz CT molecular complexity index is 847. The second kappa shape index (κ2) is 7.93. The van der Waals surface area contributed by atoms with E-state index in [1.54, 1.807) is 0 Å². The molecule has 1 aliphatic carbocycles. The fourth-order valence-corrected chi connectivity index (χ4v) is 4.57. The molecule has 0 radical (unpaired) electrons. The maximum Gasteiger partial charge on any atom is 0.113 e. The van der Waals surface area contributed by atoms with Crippen molar-refractivity contribution in [2.75, 3.05) is 6.61 Å². The van der Waals surface area contributed by atoms with E-state index in [4.69, 9.17) is 4.74 Å². The van der Waals surface area contributed by atoms with Gasteiger partial charge in [0, 0.05) is 0 Å². The second-order valence-corrected chi connectivity index (χ2v) is 8.09. The van der Waals surface area contributed by atoms with Crippen molar-refractivity contribution < 1.29 is 25.2 Å². The van der Waals surface area contributed by atoms with Gasteiger partial charge in [-0.25, -0.2) is 0 Å². The van der Waals surface area contributed by atoms with E-state index in [1.165, 1.54) is 27.8 Å². The maximum absolute atomic E-state index is 10.5. The van der Waals surface area contributed by atoms with Gasteiger partial charge in [-0.2, -0.15) is 0 Å². The van der Waals surface area contributed by atoms with E-state index in [0.717, 1.165) is 31.2 Å². The standard InChI is InChI=1S/C23H28O5/c1-13-4-2-5-14(8-13)9-16-11-17(10-15-6-3-7-18(15)16)23-22(27)21(26)20(25)19(12-24)28-23/h2,4-5,8,10-11,19-27H,3,6-7,9,12H2,1H3/t19-,20-,21+,22-,23+/m1/s1. The lowest BCUT2D eigenvalue weighted by molar-refractivity contribution is -0.231. The Kier molecular flexibility index (Phi) is 5.54. The van der Waals surface area contributed by atoms with E-state index in [0.29, 0.717) is 0 Å². The summed E-state index contributed by atoms with van der Waals surface area (Å²) in [5, 5.41) is 40.2. The molecule has 28 heavy (non-hydrogen) atoms. The largest absolute Gasteiger partial charge is 0.394 e. The van der Waals surface area contributed by atoms with E-state index in [9.17, 15) is 20.4 Å². The molecular formula is C23H28O5. The maximum atomic E-state index is 10.5. The average molecular weight is 384 g/mol. The lowest BCUT2D eigenvalue weighted by Gasteiger charge is -2.40. The summed E-state index contributed by atoms with van der Waals surface area (Å²) in [6.07, 6.45) is -1.67. The number of hydrogen-bond donors (Lipinski definition) is 4. The van der Waals surface area contributed by atoms with Gasteiger partial charge >= 0.3 is 0 Å². The number of benzene rings is 2. The molecule has 0 saturated carbocycles. The Labute approximate surface area is 165 Å². The van der Waals surface area contributed by atoms with Crippen LogP contribution in [-0.2, 0) is 24.0 Å². The van der Waals surface area contributed by atoms with Crippen molar-refractivity contribution in [3.05, 3.63) is 69.8 Å². The first-order valence-electron chi connectivity index (χ1n) is 9.98. The Morgan fingerprint density at radius 1 is 1.00 bits per heavy atom. The zero-order chi connectivity index (χ0) is 19.8. The summed E-state index contributed by atoms with van der Waals surface area (Å²) in [6.45, 7) is 1.67. The summed E-state index contributed by atoms with van der Waals surface area (Å²) in [7, 11) is 0. The van der Waals surface area contributed by atoms with Crippen LogP contribution in [-0.4, -0.2) is 51.4 Å². The molecule has 0 aromatic heterocycles. The van der Waals surface area contributed by atoms with Crippen molar-refractivity contribution in [3.63, 3.8) is 0 Å². The molecule has 4 N–H and O–H groups in total. The summed E-state index contributed by atoms with van der Waals surface area (Å²) in [5.74, 6) is 0. The first kappa shape index (κ1) is 19.6. The minimum Gasteiger partial charge on any atom is -0.394 e. The van der Waals surface area contributed by atoms with Crippen LogP contribution in [0.25, 0.3) is 0 Å². The molecule has 2 aromatic carbocycles. The molecule has 2 aromatic rings. The average Bonchev–Trinajstić information content (AvgIpc) is 3.15. The van der Waals surface area contributed by atoms with Crippen LogP contribution in [0.4, 0.5) is 0 Å². The van der Waals surface area contributed by atoms with E-state index >= 15 is 0 Å². The molecule has 150 valence electrons. The van der Waals surface area contributed by atoms with Gasteiger partial charge in [-0.05, 0) is 60.4 Å². The fourth-order valence-electron chi connectivity index (χ4n) is 4.57. The third kappa shape index (κ3) is 3.61. The van der Waals surface area contributed by atoms with Crippen LogP contribution < -0.4 is 0 Å². The van der Waals surface area contributed by atoms with Gasteiger partial charge in [-0.1, -0.05) is 42.0 Å². The van der Waals surface area contributed by atoms with Crippen molar-refractivity contribution in [2.45, 2.75) is 63.1 Å². The normalized spacial score (nSPS) is 29.7. The van der Waals surface area contributed by atoms with E-state index < -0.39 is 37.1 Å². The number of aliphatic hydroxyl groups is 4. The summed E-state index contributed by atoms with van der Waals surface area (Å²) in [6, 6.07) is 12.6. The topological polar surface area (TPSA) is 90.2 Å². The molecule has 4 rings (SSSR count). The molecule has 5 atom stereocenters. The Balaban J connectivity index is 1.70. The van der Waals surface area contributed by atoms with Crippen LogP contribution in [0.15, 0.2) is 36.4 Å². The predicted molar refractivity (Wildman–Crippen MR) is 105 cm³/mol.